The van der Waals surface area contributed by atoms with Crippen LogP contribution in [0.1, 0.15) is 23.2 Å². The second-order valence-electron chi connectivity index (χ2n) is 8.28. The van der Waals surface area contributed by atoms with Crippen molar-refractivity contribution in [1.29, 1.82) is 0 Å². The molecule has 2 amide bonds. The molecule has 2 heterocycles. The van der Waals surface area contributed by atoms with Gasteiger partial charge in [0.05, 0.1) is 12.4 Å². The minimum atomic E-state index is -3.45. The van der Waals surface area contributed by atoms with E-state index in [0.29, 0.717) is 19.4 Å². The van der Waals surface area contributed by atoms with Crippen LogP contribution < -0.4 is 25.7 Å². The maximum absolute atomic E-state index is 12.7. The second kappa shape index (κ2) is 10.3. The van der Waals surface area contributed by atoms with Crippen LogP contribution in [0.25, 0.3) is 0 Å². The molecule has 2 aromatic rings. The molecule has 4 rings (SSSR count). The van der Waals surface area contributed by atoms with Crippen LogP contribution in [-0.2, 0) is 14.6 Å². The predicted molar refractivity (Wildman–Crippen MR) is 131 cm³/mol. The zero-order valence-electron chi connectivity index (χ0n) is 19.5. The van der Waals surface area contributed by atoms with Gasteiger partial charge in [0.1, 0.15) is 33.7 Å². The smallest absolute Gasteiger partial charge is 0.279 e. The first-order valence-corrected chi connectivity index (χ1v) is 12.8. The summed E-state index contributed by atoms with van der Waals surface area (Å²) in [5, 5.41) is 0. The second-order valence-corrected chi connectivity index (χ2v) is 10.4. The molecule has 0 radical (unpaired) electrons. The molecule has 1 atom stereocenters. The number of aliphatic imine (C=N–C) groups is 1. The van der Waals surface area contributed by atoms with Crippen molar-refractivity contribution >= 4 is 27.5 Å². The minimum absolute atomic E-state index is 0.00310. The molecule has 12 heteroatoms. The third-order valence-electron chi connectivity index (χ3n) is 5.58. The summed E-state index contributed by atoms with van der Waals surface area (Å²) >= 11 is 0. The van der Waals surface area contributed by atoms with Crippen LogP contribution in [-0.4, -0.2) is 63.0 Å². The first kappa shape index (κ1) is 25.0. The molecule has 0 bridgehead atoms. The van der Waals surface area contributed by atoms with Crippen LogP contribution in [0.15, 0.2) is 58.6 Å². The predicted octanol–water partition coefficient (Wildman–Crippen LogP) is 1.61. The van der Waals surface area contributed by atoms with E-state index in [1.165, 1.54) is 42.5 Å². The normalized spacial score (nSPS) is 19.5. The Morgan fingerprint density at radius 1 is 1.19 bits per heavy atom. The third kappa shape index (κ3) is 5.60. The molecule has 11 nitrogen and oxygen atoms in total. The molecule has 0 spiro atoms. The zero-order valence-corrected chi connectivity index (χ0v) is 20.4. The van der Waals surface area contributed by atoms with Crippen LogP contribution in [0.2, 0.25) is 0 Å². The number of amidine groups is 1. The van der Waals surface area contributed by atoms with E-state index in [2.05, 4.69) is 4.99 Å². The van der Waals surface area contributed by atoms with E-state index in [1.807, 2.05) is 0 Å². The maximum atomic E-state index is 12.7. The van der Waals surface area contributed by atoms with Gasteiger partial charge in [0.2, 0.25) is 0 Å². The fourth-order valence-corrected chi connectivity index (χ4v) is 5.22. The van der Waals surface area contributed by atoms with Gasteiger partial charge in [0.15, 0.2) is 15.9 Å². The Labute approximate surface area is 208 Å². The lowest BCUT2D eigenvalue weighted by molar-refractivity contribution is -0.132. The summed E-state index contributed by atoms with van der Waals surface area (Å²) in [5.74, 6) is -0.0287. The standard InChI is InChI=1S/C24H26N4O7S/c1-28-8-6-19(24(28)30)35-18-12-15(23(29)27-22(26)5-7-25)11-17(13-18)34-16-3-4-21-20(14-16)33-9-2-10-36(21,31)32/h3-5,7,11-14,19H,2,6,8-10,25H2,1H3,(H2,26,27,29)/b7-5-. The van der Waals surface area contributed by atoms with Gasteiger partial charge >= 0.3 is 0 Å². The van der Waals surface area contributed by atoms with E-state index in [-0.39, 0.29) is 57.6 Å². The Kier molecular flexibility index (Phi) is 7.15. The average Bonchev–Trinajstić information content (AvgIpc) is 3.04. The molecule has 0 aliphatic carbocycles. The molecule has 0 aromatic heterocycles. The SMILES string of the molecule is CN1CCC(Oc2cc(Oc3ccc4c(c3)OCCCS4(=O)=O)cc(C(=O)N=C(N)/C=C\N)c2)C1=O. The van der Waals surface area contributed by atoms with Gasteiger partial charge in [0.25, 0.3) is 11.8 Å². The third-order valence-corrected chi connectivity index (χ3v) is 7.42. The molecule has 1 unspecified atom stereocenters. The molecule has 36 heavy (non-hydrogen) atoms. The van der Waals surface area contributed by atoms with E-state index in [1.54, 1.807) is 11.9 Å². The number of amides is 2. The Morgan fingerprint density at radius 3 is 2.69 bits per heavy atom. The van der Waals surface area contributed by atoms with Gasteiger partial charge < -0.3 is 30.6 Å². The number of hydrogen-bond donors (Lipinski definition) is 2. The molecular formula is C24H26N4O7S. The number of benzene rings is 2. The lowest BCUT2D eigenvalue weighted by Gasteiger charge is -2.15. The van der Waals surface area contributed by atoms with Crippen LogP contribution in [0.4, 0.5) is 0 Å². The monoisotopic (exact) mass is 514 g/mol. The number of hydrogen-bond acceptors (Lipinski definition) is 8. The summed E-state index contributed by atoms with van der Waals surface area (Å²) in [4.78, 5) is 30.5. The summed E-state index contributed by atoms with van der Waals surface area (Å²) in [6, 6.07) is 8.80. The van der Waals surface area contributed by atoms with Crippen molar-refractivity contribution in [3.8, 4) is 23.0 Å². The number of likely N-dealkylation sites (tertiary alicyclic amines) is 1. The van der Waals surface area contributed by atoms with Gasteiger partial charge in [-0.2, -0.15) is 4.99 Å². The Balaban J connectivity index is 1.67. The van der Waals surface area contributed by atoms with Gasteiger partial charge in [-0.1, -0.05) is 0 Å². The maximum Gasteiger partial charge on any atom is 0.279 e. The number of sulfone groups is 1. The van der Waals surface area contributed by atoms with E-state index < -0.39 is 21.8 Å². The Morgan fingerprint density at radius 2 is 1.97 bits per heavy atom. The van der Waals surface area contributed by atoms with Crippen molar-refractivity contribution in [3.63, 3.8) is 0 Å². The molecule has 2 aromatic carbocycles. The molecule has 190 valence electrons. The van der Waals surface area contributed by atoms with Gasteiger partial charge in [-0.05, 0) is 43.0 Å². The number of nitrogens with zero attached hydrogens (tertiary/aromatic N) is 2. The Hall–Kier alpha value is -4.06. The first-order chi connectivity index (χ1) is 17.2. The van der Waals surface area contributed by atoms with Crippen LogP contribution in [0.3, 0.4) is 0 Å². The van der Waals surface area contributed by atoms with Gasteiger partial charge in [-0.15, -0.1) is 0 Å². The fraction of sp³-hybridized carbons (Fsp3) is 0.292. The highest BCUT2D eigenvalue weighted by Crippen LogP contribution is 2.35. The number of carbonyl (C=O) groups is 2. The fourth-order valence-electron chi connectivity index (χ4n) is 3.80. The van der Waals surface area contributed by atoms with Crippen molar-refractivity contribution in [3.05, 3.63) is 54.2 Å². The molecule has 1 fully saturated rings. The summed E-state index contributed by atoms with van der Waals surface area (Å²) < 4.78 is 42.3. The number of rotatable bonds is 6. The van der Waals surface area contributed by atoms with Crippen LogP contribution >= 0.6 is 0 Å². The highest BCUT2D eigenvalue weighted by molar-refractivity contribution is 7.91. The van der Waals surface area contributed by atoms with Gasteiger partial charge in [-0.25, -0.2) is 8.42 Å². The van der Waals surface area contributed by atoms with E-state index in [4.69, 9.17) is 25.7 Å². The highest BCUT2D eigenvalue weighted by atomic mass is 32.2. The quantitative estimate of drug-likeness (QED) is 0.430. The molecular weight excluding hydrogens is 488 g/mol. The van der Waals surface area contributed by atoms with Crippen molar-refractivity contribution in [2.24, 2.45) is 16.5 Å². The van der Waals surface area contributed by atoms with Crippen LogP contribution in [0.5, 0.6) is 23.0 Å². The lowest BCUT2D eigenvalue weighted by Crippen LogP contribution is -2.29. The van der Waals surface area contributed by atoms with Crippen molar-refractivity contribution in [1.82, 2.24) is 4.90 Å². The number of carbonyl (C=O) groups excluding carboxylic acids is 2. The average molecular weight is 515 g/mol. The van der Waals surface area contributed by atoms with Crippen molar-refractivity contribution in [2.75, 3.05) is 26.0 Å². The number of fused-ring (bicyclic) bond motifs is 1. The van der Waals surface area contributed by atoms with Gasteiger partial charge in [-0.3, -0.25) is 9.59 Å². The highest BCUT2D eigenvalue weighted by Gasteiger charge is 2.31. The Bertz CT molecular complexity index is 1350. The molecule has 4 N–H and O–H groups in total. The largest absolute Gasteiger partial charge is 0.492 e. The van der Waals surface area contributed by atoms with E-state index >= 15 is 0 Å². The van der Waals surface area contributed by atoms with E-state index in [0.717, 1.165) is 6.20 Å². The molecule has 2 aliphatic rings. The van der Waals surface area contributed by atoms with Crippen LogP contribution in [0, 0.1) is 0 Å². The minimum Gasteiger partial charge on any atom is -0.492 e. The lowest BCUT2D eigenvalue weighted by atomic mass is 10.2. The molecule has 1 saturated heterocycles. The topological polar surface area (TPSA) is 164 Å². The summed E-state index contributed by atoms with van der Waals surface area (Å²) in [6.45, 7) is 0.813. The number of nitrogens with two attached hydrogens (primary N) is 2. The first-order valence-electron chi connectivity index (χ1n) is 11.2. The molecule has 2 aliphatic heterocycles. The van der Waals surface area contributed by atoms with Gasteiger partial charge in [0, 0.05) is 37.7 Å². The zero-order chi connectivity index (χ0) is 25.9. The number of ether oxygens (including phenoxy) is 3. The summed E-state index contributed by atoms with van der Waals surface area (Å²) in [7, 11) is -1.77. The molecule has 0 saturated carbocycles. The van der Waals surface area contributed by atoms with E-state index in [9.17, 15) is 18.0 Å². The number of likely N-dealkylation sites (N-methyl/N-ethyl adjacent to an activating group) is 1. The summed E-state index contributed by atoms with van der Waals surface area (Å²) in [5.41, 5.74) is 11.1. The summed E-state index contributed by atoms with van der Waals surface area (Å²) in [6.07, 6.45) is 2.60. The van der Waals surface area contributed by atoms with Crippen molar-refractivity contribution in [2.45, 2.75) is 23.8 Å². The van der Waals surface area contributed by atoms with Crippen molar-refractivity contribution < 1.29 is 32.2 Å².